The predicted octanol–water partition coefficient (Wildman–Crippen LogP) is 0.698. The predicted molar refractivity (Wildman–Crippen MR) is 78.0 cm³/mol. The lowest BCUT2D eigenvalue weighted by Gasteiger charge is -2.28. The van der Waals surface area contributed by atoms with E-state index in [9.17, 15) is 4.39 Å². The molecule has 1 N–H and O–H groups in total. The molecule has 4 rings (SSSR count). The van der Waals surface area contributed by atoms with E-state index in [-0.39, 0.29) is 5.56 Å². The van der Waals surface area contributed by atoms with Gasteiger partial charge >= 0.3 is 0 Å². The van der Waals surface area contributed by atoms with Crippen LogP contribution in [0.1, 0.15) is 5.56 Å². The van der Waals surface area contributed by atoms with Gasteiger partial charge in [-0.15, -0.1) is 0 Å². The van der Waals surface area contributed by atoms with Crippen LogP contribution in [-0.2, 0) is 0 Å². The number of rotatable bonds is 1. The average Bonchev–Trinajstić information content (AvgIpc) is 3.04. The first-order valence-electron chi connectivity index (χ1n) is 6.96. The number of aromatic nitrogens is 4. The second-order valence-corrected chi connectivity index (χ2v) is 5.11. The molecule has 7 nitrogen and oxygen atoms in total. The van der Waals surface area contributed by atoms with Crippen LogP contribution in [0.25, 0.3) is 16.6 Å². The Labute approximate surface area is 125 Å². The quantitative estimate of drug-likeness (QED) is 0.712. The monoisotopic (exact) mass is 297 g/mol. The second kappa shape index (κ2) is 4.89. The van der Waals surface area contributed by atoms with E-state index < -0.39 is 5.82 Å². The third-order valence-electron chi connectivity index (χ3n) is 3.80. The number of nitrogens with one attached hydrogen (secondary N) is 1. The largest absolute Gasteiger partial charge is 0.338 e. The van der Waals surface area contributed by atoms with Crippen LogP contribution >= 0.6 is 0 Å². The molecule has 22 heavy (non-hydrogen) atoms. The smallest absolute Gasteiger partial charge is 0.229 e. The number of hydrogen-bond donors (Lipinski definition) is 1. The summed E-state index contributed by atoms with van der Waals surface area (Å²) in [5.41, 5.74) is 1.04. The number of fused-ring (bicyclic) bond motifs is 3. The summed E-state index contributed by atoms with van der Waals surface area (Å²) in [4.78, 5) is 10.9. The van der Waals surface area contributed by atoms with E-state index in [1.165, 1.54) is 18.5 Å². The van der Waals surface area contributed by atoms with Gasteiger partial charge in [-0.3, -0.25) is 0 Å². The first-order valence-corrected chi connectivity index (χ1v) is 6.96. The van der Waals surface area contributed by atoms with Crippen molar-refractivity contribution in [3.63, 3.8) is 0 Å². The zero-order valence-electron chi connectivity index (χ0n) is 11.6. The highest BCUT2D eigenvalue weighted by Gasteiger charge is 2.19. The van der Waals surface area contributed by atoms with Crippen LogP contribution in [0.15, 0.2) is 18.5 Å². The van der Waals surface area contributed by atoms with E-state index in [0.29, 0.717) is 22.5 Å². The topological polar surface area (TPSA) is 82.1 Å². The van der Waals surface area contributed by atoms with Crippen molar-refractivity contribution in [1.29, 1.82) is 5.26 Å². The Morgan fingerprint density at radius 2 is 2.09 bits per heavy atom. The molecule has 1 aliphatic heterocycles. The van der Waals surface area contributed by atoms with E-state index >= 15 is 0 Å². The number of piperazine rings is 1. The summed E-state index contributed by atoms with van der Waals surface area (Å²) in [6, 6.07) is 4.60. The fourth-order valence-electron chi connectivity index (χ4n) is 2.72. The van der Waals surface area contributed by atoms with Crippen LogP contribution in [0, 0.1) is 17.1 Å². The van der Waals surface area contributed by atoms with E-state index in [1.54, 1.807) is 4.52 Å². The Morgan fingerprint density at radius 3 is 2.86 bits per heavy atom. The summed E-state index contributed by atoms with van der Waals surface area (Å²) < 4.78 is 15.5. The first kappa shape index (κ1) is 12.9. The molecule has 0 aliphatic carbocycles. The maximum atomic E-state index is 13.9. The summed E-state index contributed by atoms with van der Waals surface area (Å²) in [5.74, 6) is 0.0724. The van der Waals surface area contributed by atoms with Gasteiger partial charge in [0.2, 0.25) is 5.95 Å². The van der Waals surface area contributed by atoms with Crippen molar-refractivity contribution >= 4 is 22.5 Å². The molecule has 3 aromatic rings. The zero-order valence-corrected chi connectivity index (χ0v) is 11.6. The highest BCUT2D eigenvalue weighted by atomic mass is 19.1. The van der Waals surface area contributed by atoms with Gasteiger partial charge < -0.3 is 10.2 Å². The van der Waals surface area contributed by atoms with Crippen molar-refractivity contribution in [2.45, 2.75) is 0 Å². The van der Waals surface area contributed by atoms with Crippen molar-refractivity contribution in [2.75, 3.05) is 31.1 Å². The molecule has 0 atom stereocenters. The summed E-state index contributed by atoms with van der Waals surface area (Å²) in [7, 11) is 0. The SMILES string of the molecule is N#Cc1cc2c(cc1F)nc(N1CCNCC1)n1ncnc21. The zero-order chi connectivity index (χ0) is 15.1. The third-order valence-corrected chi connectivity index (χ3v) is 3.80. The van der Waals surface area contributed by atoms with Gasteiger partial charge in [0, 0.05) is 37.6 Å². The maximum Gasteiger partial charge on any atom is 0.229 e. The third kappa shape index (κ3) is 1.87. The van der Waals surface area contributed by atoms with E-state index in [1.807, 2.05) is 6.07 Å². The maximum absolute atomic E-state index is 13.9. The van der Waals surface area contributed by atoms with E-state index in [4.69, 9.17) is 5.26 Å². The summed E-state index contributed by atoms with van der Waals surface area (Å²) in [6.07, 6.45) is 1.44. The molecule has 0 unspecified atom stereocenters. The van der Waals surface area contributed by atoms with Crippen molar-refractivity contribution in [3.05, 3.63) is 29.8 Å². The van der Waals surface area contributed by atoms with E-state index in [0.717, 1.165) is 26.2 Å². The van der Waals surface area contributed by atoms with E-state index in [2.05, 4.69) is 25.3 Å². The average molecular weight is 297 g/mol. The molecule has 0 bridgehead atoms. The van der Waals surface area contributed by atoms with Gasteiger partial charge in [-0.1, -0.05) is 0 Å². The lowest BCUT2D eigenvalue weighted by Crippen LogP contribution is -2.44. The standard InChI is InChI=1S/C14H12FN7/c15-11-6-12-10(5-9(11)7-16)13-18-8-19-22(13)14(20-12)21-3-1-17-2-4-21/h5-6,8,17H,1-4H2. The number of hydrogen-bond acceptors (Lipinski definition) is 6. The Balaban J connectivity index is 2.01. The van der Waals surface area contributed by atoms with Crippen LogP contribution in [0.2, 0.25) is 0 Å². The highest BCUT2D eigenvalue weighted by molar-refractivity contribution is 5.93. The lowest BCUT2D eigenvalue weighted by atomic mass is 10.1. The Bertz CT molecular complexity index is 905. The highest BCUT2D eigenvalue weighted by Crippen LogP contribution is 2.24. The van der Waals surface area contributed by atoms with Gasteiger partial charge in [-0.05, 0) is 6.07 Å². The number of nitriles is 1. The Kier molecular flexibility index (Phi) is 2.87. The molecule has 0 spiro atoms. The molecule has 110 valence electrons. The summed E-state index contributed by atoms with van der Waals surface area (Å²) in [5, 5.41) is 17.1. The molecular formula is C14H12FN7. The fraction of sp³-hybridized carbons (Fsp3) is 0.286. The van der Waals surface area contributed by atoms with Crippen LogP contribution < -0.4 is 10.2 Å². The number of halogens is 1. The van der Waals surface area contributed by atoms with Crippen molar-refractivity contribution in [2.24, 2.45) is 0 Å². The first-order chi connectivity index (χ1) is 10.8. The van der Waals surface area contributed by atoms with Crippen LogP contribution in [-0.4, -0.2) is 45.8 Å². The number of anilines is 1. The minimum absolute atomic E-state index is 0.0193. The molecule has 1 fully saturated rings. The Morgan fingerprint density at radius 1 is 1.27 bits per heavy atom. The molecule has 1 saturated heterocycles. The molecular weight excluding hydrogens is 285 g/mol. The summed E-state index contributed by atoms with van der Waals surface area (Å²) >= 11 is 0. The molecule has 1 aromatic carbocycles. The van der Waals surface area contributed by atoms with Crippen molar-refractivity contribution < 1.29 is 4.39 Å². The minimum atomic E-state index is -0.572. The number of benzene rings is 1. The van der Waals surface area contributed by atoms with Crippen molar-refractivity contribution in [3.8, 4) is 6.07 Å². The minimum Gasteiger partial charge on any atom is -0.338 e. The second-order valence-electron chi connectivity index (χ2n) is 5.11. The molecule has 2 aromatic heterocycles. The van der Waals surface area contributed by atoms with Crippen molar-refractivity contribution in [1.82, 2.24) is 24.9 Å². The van der Waals surface area contributed by atoms with Gasteiger partial charge in [-0.25, -0.2) is 14.4 Å². The molecule has 0 amide bonds. The molecule has 1 aliphatic rings. The molecule has 0 saturated carbocycles. The van der Waals surface area contributed by atoms with Gasteiger partial charge in [0.25, 0.3) is 0 Å². The van der Waals surface area contributed by atoms with Gasteiger partial charge in [0.05, 0.1) is 11.1 Å². The van der Waals surface area contributed by atoms with Crippen LogP contribution in [0.3, 0.4) is 0 Å². The number of nitrogens with zero attached hydrogens (tertiary/aromatic N) is 6. The summed E-state index contributed by atoms with van der Waals surface area (Å²) in [6.45, 7) is 3.31. The van der Waals surface area contributed by atoms with Gasteiger partial charge in [-0.2, -0.15) is 14.9 Å². The Hall–Kier alpha value is -2.79. The normalized spacial score (nSPS) is 15.4. The molecule has 0 radical (unpaired) electrons. The van der Waals surface area contributed by atoms with Gasteiger partial charge in [0.15, 0.2) is 5.65 Å². The van der Waals surface area contributed by atoms with Gasteiger partial charge in [0.1, 0.15) is 18.2 Å². The van der Waals surface area contributed by atoms with Crippen LogP contribution in [0.4, 0.5) is 10.3 Å². The molecule has 3 heterocycles. The fourth-order valence-corrected chi connectivity index (χ4v) is 2.72. The van der Waals surface area contributed by atoms with Crippen LogP contribution in [0.5, 0.6) is 0 Å². The molecule has 8 heteroatoms. The lowest BCUT2D eigenvalue weighted by molar-refractivity contribution is 0.575.